The molecule has 1 N–H and O–H groups in total. The van der Waals surface area contributed by atoms with Gasteiger partial charge in [-0.25, -0.2) is 0 Å². The summed E-state index contributed by atoms with van der Waals surface area (Å²) in [6, 6.07) is 0. The van der Waals surface area contributed by atoms with Crippen LogP contribution in [0, 0.1) is 17.3 Å². The number of nitrogens with zero attached hydrogens (tertiary/aromatic N) is 1. The van der Waals surface area contributed by atoms with Gasteiger partial charge in [0.1, 0.15) is 0 Å². The first-order valence-electron chi connectivity index (χ1n) is 7.78. The molecule has 0 unspecified atom stereocenters. The third-order valence-corrected chi connectivity index (χ3v) is 6.48. The van der Waals surface area contributed by atoms with E-state index in [0.29, 0.717) is 16.9 Å². The van der Waals surface area contributed by atoms with E-state index in [-0.39, 0.29) is 0 Å². The van der Waals surface area contributed by atoms with Crippen molar-refractivity contribution >= 4 is 16.9 Å². The molecule has 19 heavy (non-hydrogen) atoms. The molecular formula is C16H30N2S. The van der Waals surface area contributed by atoms with E-state index < -0.39 is 0 Å². The standard InChI is InChI=1S/C16H30N2S/c1-12(2)15(4,5)10-17-14-18-16(11-19-14)8-6-13(3)7-9-16/h12-13H,6-11H2,1-5H3,(H,17,18). The first-order valence-corrected chi connectivity index (χ1v) is 8.77. The molecule has 110 valence electrons. The molecule has 0 atom stereocenters. The highest BCUT2D eigenvalue weighted by Crippen LogP contribution is 2.38. The van der Waals surface area contributed by atoms with Gasteiger partial charge in [0.2, 0.25) is 0 Å². The number of amidine groups is 1. The van der Waals surface area contributed by atoms with Gasteiger partial charge in [0.25, 0.3) is 0 Å². The Kier molecular flexibility index (Phi) is 4.54. The molecule has 0 aromatic carbocycles. The molecule has 1 aliphatic carbocycles. The summed E-state index contributed by atoms with van der Waals surface area (Å²) >= 11 is 1.94. The van der Waals surface area contributed by atoms with E-state index in [0.717, 1.165) is 12.5 Å². The molecule has 0 radical (unpaired) electrons. The van der Waals surface area contributed by atoms with Crippen LogP contribution in [-0.4, -0.2) is 23.0 Å². The smallest absolute Gasteiger partial charge is 0.157 e. The van der Waals surface area contributed by atoms with E-state index in [9.17, 15) is 0 Å². The summed E-state index contributed by atoms with van der Waals surface area (Å²) in [4.78, 5) is 4.85. The van der Waals surface area contributed by atoms with Gasteiger partial charge < -0.3 is 5.32 Å². The third-order valence-electron chi connectivity index (χ3n) is 5.28. The number of nitrogens with one attached hydrogen (secondary N) is 1. The molecule has 0 bridgehead atoms. The molecule has 2 nitrogen and oxygen atoms in total. The molecule has 3 heteroatoms. The Hall–Kier alpha value is -0.180. The average Bonchev–Trinajstić information content (AvgIpc) is 2.75. The van der Waals surface area contributed by atoms with Crippen LogP contribution in [-0.2, 0) is 0 Å². The van der Waals surface area contributed by atoms with E-state index in [1.165, 1.54) is 36.6 Å². The Morgan fingerprint density at radius 1 is 1.37 bits per heavy atom. The fourth-order valence-corrected chi connectivity index (χ4v) is 3.85. The third kappa shape index (κ3) is 3.68. The Morgan fingerprint density at radius 3 is 2.58 bits per heavy atom. The first-order chi connectivity index (χ1) is 8.83. The largest absolute Gasteiger partial charge is 0.359 e. The quantitative estimate of drug-likeness (QED) is 0.834. The van der Waals surface area contributed by atoms with E-state index >= 15 is 0 Å². The summed E-state index contributed by atoms with van der Waals surface area (Å²) in [6.45, 7) is 12.5. The minimum atomic E-state index is 0.298. The van der Waals surface area contributed by atoms with Crippen molar-refractivity contribution < 1.29 is 0 Å². The highest BCUT2D eigenvalue weighted by molar-refractivity contribution is 8.14. The fraction of sp³-hybridized carbons (Fsp3) is 0.938. The molecule has 2 fully saturated rings. The van der Waals surface area contributed by atoms with Gasteiger partial charge in [0, 0.05) is 17.8 Å². The molecule has 0 aromatic rings. The van der Waals surface area contributed by atoms with Crippen molar-refractivity contribution in [3.05, 3.63) is 0 Å². The number of hydrogen-bond donors (Lipinski definition) is 1. The topological polar surface area (TPSA) is 24.4 Å². The van der Waals surface area contributed by atoms with E-state index in [1.807, 2.05) is 11.8 Å². The molecule has 1 spiro atoms. The van der Waals surface area contributed by atoms with Crippen molar-refractivity contribution in [2.75, 3.05) is 12.3 Å². The number of rotatable bonds is 3. The van der Waals surface area contributed by atoms with Crippen LogP contribution in [0.3, 0.4) is 0 Å². The summed E-state index contributed by atoms with van der Waals surface area (Å²) in [7, 11) is 0. The van der Waals surface area contributed by atoms with Crippen LogP contribution in [0.5, 0.6) is 0 Å². The van der Waals surface area contributed by atoms with Gasteiger partial charge in [-0.05, 0) is 42.9 Å². The summed E-state index contributed by atoms with van der Waals surface area (Å²) in [5.74, 6) is 2.81. The highest BCUT2D eigenvalue weighted by atomic mass is 32.2. The maximum absolute atomic E-state index is 4.85. The lowest BCUT2D eigenvalue weighted by Crippen LogP contribution is -2.46. The van der Waals surface area contributed by atoms with Crippen molar-refractivity contribution in [3.63, 3.8) is 0 Å². The molecule has 0 amide bonds. The predicted octanol–water partition coefficient (Wildman–Crippen LogP) is 4.31. The minimum Gasteiger partial charge on any atom is -0.359 e. The van der Waals surface area contributed by atoms with Gasteiger partial charge in [0.05, 0.1) is 0 Å². The molecule has 1 saturated heterocycles. The maximum Gasteiger partial charge on any atom is 0.157 e. The van der Waals surface area contributed by atoms with Crippen molar-refractivity contribution in [2.45, 2.75) is 65.8 Å². The Bertz CT molecular complexity index is 339. The highest BCUT2D eigenvalue weighted by Gasteiger charge is 2.39. The monoisotopic (exact) mass is 282 g/mol. The molecule has 1 saturated carbocycles. The Morgan fingerprint density at radius 2 is 2.00 bits per heavy atom. The SMILES string of the molecule is CC1CCC2(CC1)CSC(=NCC(C)(C)C(C)C)N2. The van der Waals surface area contributed by atoms with Crippen molar-refractivity contribution in [2.24, 2.45) is 22.2 Å². The summed E-state index contributed by atoms with van der Waals surface area (Å²) < 4.78 is 0. The van der Waals surface area contributed by atoms with Crippen molar-refractivity contribution in [3.8, 4) is 0 Å². The number of aliphatic imine (C=N–C) groups is 1. The molecule has 0 aromatic heterocycles. The zero-order valence-corrected chi connectivity index (χ0v) is 14.1. The van der Waals surface area contributed by atoms with Crippen LogP contribution >= 0.6 is 11.8 Å². The molecule has 2 rings (SSSR count). The number of thioether (sulfide) groups is 1. The lowest BCUT2D eigenvalue weighted by Gasteiger charge is -2.35. The normalized spacial score (nSPS) is 34.2. The minimum absolute atomic E-state index is 0.298. The summed E-state index contributed by atoms with van der Waals surface area (Å²) in [5, 5.41) is 4.95. The van der Waals surface area contributed by atoms with E-state index in [2.05, 4.69) is 39.9 Å². The summed E-state index contributed by atoms with van der Waals surface area (Å²) in [6.07, 6.45) is 5.40. The van der Waals surface area contributed by atoms with Crippen LogP contribution in [0.25, 0.3) is 0 Å². The zero-order valence-electron chi connectivity index (χ0n) is 13.3. The second-order valence-corrected chi connectivity index (χ2v) is 8.61. The van der Waals surface area contributed by atoms with Crippen LogP contribution in [0.2, 0.25) is 0 Å². The van der Waals surface area contributed by atoms with Crippen LogP contribution in [0.15, 0.2) is 4.99 Å². The zero-order chi connectivity index (χ0) is 14.1. The molecule has 2 aliphatic rings. The first kappa shape index (κ1) is 15.2. The van der Waals surface area contributed by atoms with Crippen molar-refractivity contribution in [1.29, 1.82) is 0 Å². The second-order valence-electron chi connectivity index (χ2n) is 7.64. The molecular weight excluding hydrogens is 252 g/mol. The predicted molar refractivity (Wildman–Crippen MR) is 86.9 cm³/mol. The van der Waals surface area contributed by atoms with Gasteiger partial charge in [-0.15, -0.1) is 0 Å². The molecule has 1 heterocycles. The number of hydrogen-bond acceptors (Lipinski definition) is 2. The maximum atomic E-state index is 4.85. The second kappa shape index (κ2) is 5.67. The molecule has 1 aliphatic heterocycles. The van der Waals surface area contributed by atoms with Crippen LogP contribution < -0.4 is 5.32 Å². The van der Waals surface area contributed by atoms with Gasteiger partial charge in [-0.2, -0.15) is 0 Å². The lowest BCUT2D eigenvalue weighted by atomic mass is 9.78. The lowest BCUT2D eigenvalue weighted by molar-refractivity contribution is 0.248. The average molecular weight is 282 g/mol. The fourth-order valence-electron chi connectivity index (χ4n) is 2.63. The van der Waals surface area contributed by atoms with Gasteiger partial charge >= 0.3 is 0 Å². The van der Waals surface area contributed by atoms with Gasteiger partial charge in [-0.3, -0.25) is 4.99 Å². The summed E-state index contributed by atoms with van der Waals surface area (Å²) in [5.41, 5.74) is 0.671. The van der Waals surface area contributed by atoms with Crippen molar-refractivity contribution in [1.82, 2.24) is 5.32 Å². The van der Waals surface area contributed by atoms with Crippen LogP contribution in [0.4, 0.5) is 0 Å². The Balaban J connectivity index is 1.91. The van der Waals surface area contributed by atoms with Crippen LogP contribution in [0.1, 0.15) is 60.3 Å². The Labute approximate surface area is 123 Å². The van der Waals surface area contributed by atoms with E-state index in [1.54, 1.807) is 0 Å². The van der Waals surface area contributed by atoms with Gasteiger partial charge in [-0.1, -0.05) is 46.4 Å². The van der Waals surface area contributed by atoms with Gasteiger partial charge in [0.15, 0.2) is 5.17 Å². The van der Waals surface area contributed by atoms with E-state index in [4.69, 9.17) is 4.99 Å².